The Balaban J connectivity index is 2.25. The number of rotatable bonds is 6. The van der Waals surface area contributed by atoms with Crippen LogP contribution in [0.25, 0.3) is 0 Å². The number of benzene rings is 2. The van der Waals surface area contributed by atoms with Crippen molar-refractivity contribution in [2.24, 2.45) is 0 Å². The van der Waals surface area contributed by atoms with Crippen molar-refractivity contribution in [3.63, 3.8) is 0 Å². The van der Waals surface area contributed by atoms with Gasteiger partial charge in [-0.3, -0.25) is 0 Å². The summed E-state index contributed by atoms with van der Waals surface area (Å²) in [6.45, 7) is 12.1. The van der Waals surface area contributed by atoms with E-state index in [9.17, 15) is 0 Å². The minimum absolute atomic E-state index is 0.352. The van der Waals surface area contributed by atoms with Gasteiger partial charge >= 0.3 is 0 Å². The predicted octanol–water partition coefficient (Wildman–Crippen LogP) is 3.75. The van der Waals surface area contributed by atoms with Gasteiger partial charge in [-0.1, -0.05) is 60.0 Å². The third kappa shape index (κ3) is 4.98. The van der Waals surface area contributed by atoms with Crippen LogP contribution in [0.4, 0.5) is 0 Å². The Kier molecular flexibility index (Phi) is 7.09. The van der Waals surface area contributed by atoms with Crippen molar-refractivity contribution < 1.29 is 4.90 Å². The van der Waals surface area contributed by atoms with Gasteiger partial charge in [-0.25, -0.2) is 0 Å². The fourth-order valence-corrected chi connectivity index (χ4v) is 3.09. The standard InChI is InChI=1S/C23H29N/c1-5-24(6-2)17-11-10-14-22(21-12-8-7-9-13-21)23-18-19(3)15-16-20(23)4/h7-9,12-13,15-16,18,22H,5-6,14,17H2,1-4H3/p+1/t22-/m1/s1. The van der Waals surface area contributed by atoms with Crippen LogP contribution in [0.15, 0.2) is 48.5 Å². The van der Waals surface area contributed by atoms with Gasteiger partial charge in [-0.15, -0.1) is 0 Å². The molecule has 0 bridgehead atoms. The summed E-state index contributed by atoms with van der Waals surface area (Å²) in [5.74, 6) is 7.21. The molecule has 1 atom stereocenters. The zero-order valence-corrected chi connectivity index (χ0v) is 15.5. The Bertz CT molecular complexity index is 687. The lowest BCUT2D eigenvalue weighted by molar-refractivity contribution is -0.889. The van der Waals surface area contributed by atoms with Gasteiger partial charge in [0.1, 0.15) is 6.54 Å². The summed E-state index contributed by atoms with van der Waals surface area (Å²) in [6, 6.07) is 17.5. The number of nitrogens with one attached hydrogen (secondary N) is 1. The van der Waals surface area contributed by atoms with Crippen LogP contribution in [0, 0.1) is 25.7 Å². The van der Waals surface area contributed by atoms with Gasteiger partial charge in [0.25, 0.3) is 0 Å². The molecule has 24 heavy (non-hydrogen) atoms. The molecule has 126 valence electrons. The Morgan fingerprint density at radius 1 is 0.917 bits per heavy atom. The summed E-state index contributed by atoms with van der Waals surface area (Å²) in [5.41, 5.74) is 5.43. The Hall–Kier alpha value is -2.04. The van der Waals surface area contributed by atoms with Crippen molar-refractivity contribution >= 4 is 0 Å². The van der Waals surface area contributed by atoms with E-state index in [1.165, 1.54) is 22.3 Å². The van der Waals surface area contributed by atoms with Crippen molar-refractivity contribution in [3.05, 3.63) is 70.8 Å². The summed E-state index contributed by atoms with van der Waals surface area (Å²) in [7, 11) is 0. The van der Waals surface area contributed by atoms with Crippen LogP contribution < -0.4 is 4.90 Å². The van der Waals surface area contributed by atoms with Gasteiger partial charge in [0, 0.05) is 12.3 Å². The highest BCUT2D eigenvalue weighted by molar-refractivity contribution is 5.40. The molecule has 2 aromatic rings. The van der Waals surface area contributed by atoms with E-state index in [1.807, 2.05) is 0 Å². The van der Waals surface area contributed by atoms with E-state index in [-0.39, 0.29) is 0 Å². The summed E-state index contributed by atoms with van der Waals surface area (Å²) in [4.78, 5) is 1.55. The lowest BCUT2D eigenvalue weighted by Crippen LogP contribution is -3.11. The molecule has 0 amide bonds. The number of hydrogen-bond donors (Lipinski definition) is 1. The van der Waals surface area contributed by atoms with Gasteiger partial charge in [0.05, 0.1) is 13.1 Å². The molecule has 0 fully saturated rings. The maximum atomic E-state index is 3.46. The second-order valence-corrected chi connectivity index (χ2v) is 6.51. The monoisotopic (exact) mass is 320 g/mol. The first-order chi connectivity index (χ1) is 11.7. The highest BCUT2D eigenvalue weighted by Gasteiger charge is 2.15. The number of quaternary nitrogens is 1. The first-order valence-corrected chi connectivity index (χ1v) is 9.07. The average Bonchev–Trinajstić information content (AvgIpc) is 2.61. The third-order valence-electron chi connectivity index (χ3n) is 4.78. The van der Waals surface area contributed by atoms with E-state index in [0.29, 0.717) is 5.92 Å². The highest BCUT2D eigenvalue weighted by atomic mass is 15.1. The fraction of sp³-hybridized carbons (Fsp3) is 0.391. The highest BCUT2D eigenvalue weighted by Crippen LogP contribution is 2.30. The SMILES string of the molecule is CC[NH+](CC)CC#CC[C@H](c1ccccc1)c1cc(C)ccc1C. The predicted molar refractivity (Wildman–Crippen MR) is 104 cm³/mol. The molecule has 0 unspecified atom stereocenters. The molecule has 0 heterocycles. The van der Waals surface area contributed by atoms with Crippen molar-refractivity contribution in [2.45, 2.75) is 40.0 Å². The zero-order chi connectivity index (χ0) is 17.4. The van der Waals surface area contributed by atoms with Crippen molar-refractivity contribution in [1.82, 2.24) is 0 Å². The van der Waals surface area contributed by atoms with Crippen molar-refractivity contribution in [3.8, 4) is 11.8 Å². The molecule has 1 N–H and O–H groups in total. The minimum atomic E-state index is 0.352. The Morgan fingerprint density at radius 2 is 1.62 bits per heavy atom. The van der Waals surface area contributed by atoms with Crippen LogP contribution in [-0.4, -0.2) is 19.6 Å². The van der Waals surface area contributed by atoms with Gasteiger partial charge in [0.2, 0.25) is 0 Å². The summed E-state index contributed by atoms with van der Waals surface area (Å²) in [5, 5.41) is 0. The lowest BCUT2D eigenvalue weighted by Gasteiger charge is -2.18. The lowest BCUT2D eigenvalue weighted by atomic mass is 9.85. The quantitative estimate of drug-likeness (QED) is 0.773. The van der Waals surface area contributed by atoms with E-state index in [1.54, 1.807) is 4.90 Å². The van der Waals surface area contributed by atoms with Crippen molar-refractivity contribution in [1.29, 1.82) is 0 Å². The molecule has 1 heteroatoms. The Morgan fingerprint density at radius 3 is 2.29 bits per heavy atom. The van der Waals surface area contributed by atoms with E-state index in [2.05, 4.69) is 88.1 Å². The van der Waals surface area contributed by atoms with Crippen molar-refractivity contribution in [2.75, 3.05) is 19.6 Å². The van der Waals surface area contributed by atoms with Gasteiger partial charge in [0.15, 0.2) is 0 Å². The first kappa shape index (κ1) is 18.3. The van der Waals surface area contributed by atoms with Crippen LogP contribution in [0.3, 0.4) is 0 Å². The van der Waals surface area contributed by atoms with Gasteiger partial charge in [-0.05, 0) is 50.3 Å². The molecular formula is C23H30N+. The first-order valence-electron chi connectivity index (χ1n) is 9.07. The van der Waals surface area contributed by atoms with E-state index in [0.717, 1.165) is 26.1 Å². The molecule has 0 spiro atoms. The molecular weight excluding hydrogens is 290 g/mol. The molecule has 2 rings (SSSR count). The normalized spacial score (nSPS) is 11.9. The summed E-state index contributed by atoms with van der Waals surface area (Å²) in [6.07, 6.45) is 0.884. The number of aryl methyl sites for hydroxylation is 2. The van der Waals surface area contributed by atoms with Crippen LogP contribution in [0.5, 0.6) is 0 Å². The molecule has 1 nitrogen and oxygen atoms in total. The van der Waals surface area contributed by atoms with Crippen LogP contribution >= 0.6 is 0 Å². The second kappa shape index (κ2) is 9.30. The molecule has 0 aliphatic heterocycles. The van der Waals surface area contributed by atoms with E-state index < -0.39 is 0 Å². The average molecular weight is 321 g/mol. The summed E-state index contributed by atoms with van der Waals surface area (Å²) < 4.78 is 0. The molecule has 0 aliphatic carbocycles. The minimum Gasteiger partial charge on any atom is -0.325 e. The smallest absolute Gasteiger partial charge is 0.139 e. The molecule has 0 saturated heterocycles. The Labute approximate surface area is 147 Å². The van der Waals surface area contributed by atoms with Crippen LogP contribution in [0.1, 0.15) is 48.4 Å². The van der Waals surface area contributed by atoms with E-state index >= 15 is 0 Å². The summed E-state index contributed by atoms with van der Waals surface area (Å²) >= 11 is 0. The van der Waals surface area contributed by atoms with Crippen LogP contribution in [0.2, 0.25) is 0 Å². The molecule has 0 aromatic heterocycles. The second-order valence-electron chi connectivity index (χ2n) is 6.51. The third-order valence-corrected chi connectivity index (χ3v) is 4.78. The molecule has 0 radical (unpaired) electrons. The molecule has 2 aromatic carbocycles. The molecule has 0 aliphatic rings. The maximum Gasteiger partial charge on any atom is 0.139 e. The maximum absolute atomic E-state index is 3.46. The van der Waals surface area contributed by atoms with Crippen LogP contribution in [-0.2, 0) is 0 Å². The topological polar surface area (TPSA) is 4.44 Å². The van der Waals surface area contributed by atoms with Gasteiger partial charge in [-0.2, -0.15) is 0 Å². The fourth-order valence-electron chi connectivity index (χ4n) is 3.09. The largest absolute Gasteiger partial charge is 0.325 e. The van der Waals surface area contributed by atoms with E-state index in [4.69, 9.17) is 0 Å². The number of hydrogen-bond acceptors (Lipinski definition) is 0. The molecule has 0 saturated carbocycles. The zero-order valence-electron chi connectivity index (χ0n) is 15.5. The van der Waals surface area contributed by atoms with Gasteiger partial charge < -0.3 is 4.90 Å².